The van der Waals surface area contributed by atoms with Crippen molar-refractivity contribution in [1.29, 1.82) is 0 Å². The van der Waals surface area contributed by atoms with Crippen LogP contribution < -0.4 is 4.74 Å². The van der Waals surface area contributed by atoms with Crippen molar-refractivity contribution in [3.8, 4) is 5.75 Å². The molecule has 8 heteroatoms. The lowest BCUT2D eigenvalue weighted by atomic mass is 9.76. The summed E-state index contributed by atoms with van der Waals surface area (Å²) in [5.74, 6) is 1.03. The van der Waals surface area contributed by atoms with Gasteiger partial charge in [-0.25, -0.2) is 0 Å². The first kappa shape index (κ1) is 29.1. The number of nitrogens with zero attached hydrogens (tertiary/aromatic N) is 2. The first-order valence-electron chi connectivity index (χ1n) is 13.0. The van der Waals surface area contributed by atoms with E-state index in [9.17, 15) is 0 Å². The third-order valence-electron chi connectivity index (χ3n) is 7.44. The maximum atomic E-state index is 8.36. The molecule has 0 radical (unpaired) electrons. The monoisotopic (exact) mass is 492 g/mol. The Balaban J connectivity index is 0.000000655. The molecule has 4 rings (SSSR count). The second kappa shape index (κ2) is 16.5. The van der Waals surface area contributed by atoms with E-state index in [-0.39, 0.29) is 12.9 Å². The van der Waals surface area contributed by atoms with E-state index >= 15 is 0 Å². The normalized spacial score (nSPS) is 24.5. The van der Waals surface area contributed by atoms with Crippen molar-refractivity contribution in [2.24, 2.45) is 5.41 Å². The topological polar surface area (TPSA) is 99.5 Å². The van der Waals surface area contributed by atoms with Gasteiger partial charge in [0.05, 0.1) is 12.7 Å². The molecule has 2 saturated heterocycles. The third kappa shape index (κ3) is 9.78. The average Bonchev–Trinajstić information content (AvgIpc) is 3.25. The van der Waals surface area contributed by atoms with Gasteiger partial charge in [-0.05, 0) is 82.3 Å². The highest BCUT2D eigenvalue weighted by Crippen LogP contribution is 2.46. The molecule has 198 valence electrons. The summed E-state index contributed by atoms with van der Waals surface area (Å²) in [4.78, 5) is 22.0. The maximum absolute atomic E-state index is 8.36. The van der Waals surface area contributed by atoms with Gasteiger partial charge in [0.1, 0.15) is 5.75 Å². The summed E-state index contributed by atoms with van der Waals surface area (Å²) >= 11 is 0. The molecular formula is C27H44N2O6. The summed E-state index contributed by atoms with van der Waals surface area (Å²) in [7, 11) is 1.91. The molecule has 0 aromatic heterocycles. The highest BCUT2D eigenvalue weighted by atomic mass is 16.5. The molecule has 8 nitrogen and oxygen atoms in total. The van der Waals surface area contributed by atoms with Crippen LogP contribution in [0.25, 0.3) is 0 Å². The second-order valence-electron chi connectivity index (χ2n) is 9.76. The number of likely N-dealkylation sites (tertiary alicyclic amines) is 2. The lowest BCUT2D eigenvalue weighted by Crippen LogP contribution is -2.47. The molecule has 1 aromatic rings. The van der Waals surface area contributed by atoms with E-state index in [1.54, 1.807) is 0 Å². The van der Waals surface area contributed by atoms with Gasteiger partial charge >= 0.3 is 0 Å². The molecule has 0 bridgehead atoms. The van der Waals surface area contributed by atoms with Crippen molar-refractivity contribution in [3.63, 3.8) is 0 Å². The van der Waals surface area contributed by atoms with E-state index in [0.29, 0.717) is 11.5 Å². The molecule has 1 saturated carbocycles. The SMILES string of the molecule is CO[C@@H]1CCC[C@]12CCCN(Cc1cccc(OCCCN3CCCCC3)c1)C2.O=CO.O=CO. The van der Waals surface area contributed by atoms with Crippen molar-refractivity contribution in [3.05, 3.63) is 29.8 Å². The summed E-state index contributed by atoms with van der Waals surface area (Å²) < 4.78 is 12.0. The van der Waals surface area contributed by atoms with E-state index in [4.69, 9.17) is 29.3 Å². The van der Waals surface area contributed by atoms with Gasteiger partial charge in [0.15, 0.2) is 0 Å². The molecule has 2 N–H and O–H groups in total. The van der Waals surface area contributed by atoms with Crippen LogP contribution in [0.15, 0.2) is 24.3 Å². The summed E-state index contributed by atoms with van der Waals surface area (Å²) in [5.41, 5.74) is 1.78. The van der Waals surface area contributed by atoms with Crippen LogP contribution in [0, 0.1) is 5.41 Å². The van der Waals surface area contributed by atoms with E-state index in [1.807, 2.05) is 7.11 Å². The van der Waals surface area contributed by atoms with Crippen LogP contribution in [0.5, 0.6) is 5.75 Å². The van der Waals surface area contributed by atoms with Crippen molar-refractivity contribution >= 4 is 12.9 Å². The molecule has 3 fully saturated rings. The number of hydrogen-bond acceptors (Lipinski definition) is 6. The summed E-state index contributed by atoms with van der Waals surface area (Å²) in [6.07, 6.45) is 12.3. The molecule has 0 amide bonds. The van der Waals surface area contributed by atoms with Crippen molar-refractivity contribution < 1.29 is 29.3 Å². The third-order valence-corrected chi connectivity index (χ3v) is 7.44. The number of methoxy groups -OCH3 is 1. The Morgan fingerprint density at radius 2 is 1.69 bits per heavy atom. The van der Waals surface area contributed by atoms with Gasteiger partial charge < -0.3 is 24.6 Å². The second-order valence-corrected chi connectivity index (χ2v) is 9.76. The highest BCUT2D eigenvalue weighted by molar-refractivity contribution is 5.33. The number of rotatable bonds is 8. The number of hydrogen-bond donors (Lipinski definition) is 2. The number of carboxylic acid groups (broad SMARTS) is 2. The Morgan fingerprint density at radius 3 is 2.40 bits per heavy atom. The molecule has 2 atom stereocenters. The van der Waals surface area contributed by atoms with Crippen molar-refractivity contribution in [1.82, 2.24) is 9.80 Å². The van der Waals surface area contributed by atoms with Gasteiger partial charge in [0, 0.05) is 32.2 Å². The van der Waals surface area contributed by atoms with Gasteiger partial charge in [-0.2, -0.15) is 0 Å². The smallest absolute Gasteiger partial charge is 0.290 e. The van der Waals surface area contributed by atoms with Gasteiger partial charge in [-0.3, -0.25) is 14.5 Å². The minimum Gasteiger partial charge on any atom is -0.494 e. The number of ether oxygens (including phenoxy) is 2. The van der Waals surface area contributed by atoms with Crippen LogP contribution in [-0.4, -0.2) is 85.5 Å². The zero-order valence-electron chi connectivity index (χ0n) is 21.3. The number of piperidine rings is 2. The van der Waals surface area contributed by atoms with Crippen molar-refractivity contribution in [2.45, 2.75) is 70.4 Å². The van der Waals surface area contributed by atoms with Crippen LogP contribution in [0.4, 0.5) is 0 Å². The van der Waals surface area contributed by atoms with Crippen molar-refractivity contribution in [2.75, 3.05) is 46.4 Å². The fourth-order valence-electron chi connectivity index (χ4n) is 5.99. The fraction of sp³-hybridized carbons (Fsp3) is 0.704. The fourth-order valence-corrected chi connectivity index (χ4v) is 5.99. The average molecular weight is 493 g/mol. The Kier molecular flexibility index (Phi) is 13.7. The zero-order valence-corrected chi connectivity index (χ0v) is 21.3. The lowest BCUT2D eigenvalue weighted by molar-refractivity contribution is -0.123. The largest absolute Gasteiger partial charge is 0.494 e. The first-order chi connectivity index (χ1) is 17.1. The molecule has 35 heavy (non-hydrogen) atoms. The number of carbonyl (C=O) groups is 2. The highest BCUT2D eigenvalue weighted by Gasteiger charge is 2.45. The predicted octanol–water partition coefficient (Wildman–Crippen LogP) is 4.12. The number of benzene rings is 1. The Hall–Kier alpha value is -2.16. The van der Waals surface area contributed by atoms with Crippen LogP contribution in [0.3, 0.4) is 0 Å². The summed E-state index contributed by atoms with van der Waals surface area (Å²) in [6, 6.07) is 8.78. The molecular weight excluding hydrogens is 448 g/mol. The Bertz CT molecular complexity index is 721. The summed E-state index contributed by atoms with van der Waals surface area (Å²) in [5, 5.41) is 13.8. The van der Waals surface area contributed by atoms with E-state index in [0.717, 1.165) is 25.3 Å². The lowest BCUT2D eigenvalue weighted by Gasteiger charge is -2.43. The molecule has 2 aliphatic heterocycles. The molecule has 0 unspecified atom stereocenters. The van der Waals surface area contributed by atoms with Gasteiger partial charge in [0.25, 0.3) is 12.9 Å². The first-order valence-corrected chi connectivity index (χ1v) is 13.0. The predicted molar refractivity (Wildman–Crippen MR) is 136 cm³/mol. The van der Waals surface area contributed by atoms with E-state index in [2.05, 4.69) is 34.1 Å². The standard InChI is InChI=1S/C25H40N2O2.2CH2O2/c1-28-24-11-6-12-25(24)13-7-16-27(21-25)20-22-9-5-10-23(19-22)29-18-8-17-26-14-3-2-4-15-26;2*2-1-3/h5,9-10,19,24H,2-4,6-8,11-18,20-21H2,1H3;2*1H,(H,2,3)/t24-,25-;;/m1../s1. The Morgan fingerprint density at radius 1 is 1.00 bits per heavy atom. The quantitative estimate of drug-likeness (QED) is 0.413. The zero-order chi connectivity index (χ0) is 25.4. The molecule has 1 aromatic carbocycles. The van der Waals surface area contributed by atoms with Crippen LogP contribution in [0.2, 0.25) is 0 Å². The van der Waals surface area contributed by atoms with E-state index < -0.39 is 0 Å². The summed E-state index contributed by atoms with van der Waals surface area (Å²) in [6.45, 7) is 7.47. The van der Waals surface area contributed by atoms with Gasteiger partial charge in [0.2, 0.25) is 0 Å². The van der Waals surface area contributed by atoms with Gasteiger partial charge in [-0.1, -0.05) is 25.0 Å². The Labute approximate surface area is 210 Å². The minimum atomic E-state index is -0.250. The maximum Gasteiger partial charge on any atom is 0.290 e. The van der Waals surface area contributed by atoms with Gasteiger partial charge in [-0.15, -0.1) is 0 Å². The minimum absolute atomic E-state index is 0.250. The molecule has 1 aliphatic carbocycles. The molecule has 2 heterocycles. The van der Waals surface area contributed by atoms with Crippen LogP contribution in [0.1, 0.15) is 63.4 Å². The van der Waals surface area contributed by atoms with Crippen LogP contribution in [-0.2, 0) is 20.9 Å². The molecule has 3 aliphatic rings. The van der Waals surface area contributed by atoms with Crippen LogP contribution >= 0.6 is 0 Å². The molecule has 1 spiro atoms. The van der Waals surface area contributed by atoms with E-state index in [1.165, 1.54) is 89.7 Å².